The summed E-state index contributed by atoms with van der Waals surface area (Å²) >= 11 is 0. The van der Waals surface area contributed by atoms with Crippen molar-refractivity contribution >= 4 is 23.5 Å². The van der Waals surface area contributed by atoms with E-state index in [-0.39, 0.29) is 30.1 Å². The van der Waals surface area contributed by atoms with Gasteiger partial charge in [-0.1, -0.05) is 0 Å². The van der Waals surface area contributed by atoms with Gasteiger partial charge >= 0.3 is 11.9 Å². The van der Waals surface area contributed by atoms with Crippen molar-refractivity contribution in [3.63, 3.8) is 0 Å². The summed E-state index contributed by atoms with van der Waals surface area (Å²) in [5.74, 6) is -4.02. The van der Waals surface area contributed by atoms with E-state index in [1.54, 1.807) is 0 Å². The van der Waals surface area contributed by atoms with E-state index in [0.717, 1.165) is 0 Å². The molecule has 8 heteroatoms. The van der Waals surface area contributed by atoms with Gasteiger partial charge in [0.1, 0.15) is 11.6 Å². The molecule has 0 fully saturated rings. The summed E-state index contributed by atoms with van der Waals surface area (Å²) in [5, 5.41) is 8.94. The first-order chi connectivity index (χ1) is 6.82. The second-order valence-corrected chi connectivity index (χ2v) is 2.89. The zero-order valence-corrected chi connectivity index (χ0v) is 8.85. The minimum Gasteiger partial charge on any atom is -0.473 e. The van der Waals surface area contributed by atoms with Gasteiger partial charge in [-0.05, 0) is 13.8 Å². The molecule has 8 nitrogen and oxygen atoms in total. The molecule has 0 aliphatic carbocycles. The molecule has 0 saturated heterocycles. The average Bonchev–Trinajstić information content (AvgIpc) is 2.00. The van der Waals surface area contributed by atoms with Crippen LogP contribution >= 0.6 is 0 Å². The smallest absolute Gasteiger partial charge is 0.436 e. The van der Waals surface area contributed by atoms with Crippen LogP contribution in [0.2, 0.25) is 0 Å². The van der Waals surface area contributed by atoms with E-state index in [0.29, 0.717) is 5.06 Å². The Morgan fingerprint density at radius 2 is 1.44 bits per heavy atom. The van der Waals surface area contributed by atoms with E-state index < -0.39 is 11.9 Å². The molecule has 0 unspecified atom stereocenters. The summed E-state index contributed by atoms with van der Waals surface area (Å²) in [7, 11) is 0. The maximum Gasteiger partial charge on any atom is 0.436 e. The maximum absolute atomic E-state index is 10.7. The molecule has 0 spiro atoms. The molecule has 0 aromatic heterocycles. The lowest BCUT2D eigenvalue weighted by Gasteiger charge is -2.16. The van der Waals surface area contributed by atoms with Crippen LogP contribution in [0.15, 0.2) is 0 Å². The number of carbonyl (C=O) groups excluding carboxylic acids is 3. The van der Waals surface area contributed by atoms with Gasteiger partial charge in [-0.25, -0.2) is 9.59 Å². The molecule has 0 radical (unpaired) electrons. The van der Waals surface area contributed by atoms with Gasteiger partial charge in [0.2, 0.25) is 0 Å². The molecule has 0 saturated carbocycles. The Bertz CT molecular complexity index is 283. The standard InChI is InChI=1S/C8H11NO6.H2O/c1-5(10)3-9(4-6(2)11)15-8(14)7(12)13;/h3-4H2,1-2H3,(H,12,13);1H2. The third kappa shape index (κ3) is 7.59. The average molecular weight is 235 g/mol. The number of hydroxylamine groups is 2. The summed E-state index contributed by atoms with van der Waals surface area (Å²) in [5.41, 5.74) is 0. The second-order valence-electron chi connectivity index (χ2n) is 2.89. The van der Waals surface area contributed by atoms with E-state index in [2.05, 4.69) is 4.84 Å². The molecule has 0 atom stereocenters. The topological polar surface area (TPSA) is 132 Å². The maximum atomic E-state index is 10.7. The summed E-state index contributed by atoms with van der Waals surface area (Å²) in [6.45, 7) is 1.81. The summed E-state index contributed by atoms with van der Waals surface area (Å²) < 4.78 is 0. The van der Waals surface area contributed by atoms with Crippen molar-refractivity contribution in [1.29, 1.82) is 0 Å². The lowest BCUT2D eigenvalue weighted by atomic mass is 10.4. The Hall–Kier alpha value is -1.80. The summed E-state index contributed by atoms with van der Waals surface area (Å²) in [4.78, 5) is 46.4. The number of Topliss-reactive ketones (excluding diaryl/α,β-unsaturated/α-hetero) is 2. The van der Waals surface area contributed by atoms with Crippen molar-refractivity contribution in [2.45, 2.75) is 13.8 Å². The first-order valence-electron chi connectivity index (χ1n) is 4.02. The number of carboxylic acids is 1. The normalized spacial score (nSPS) is 9.19. The Morgan fingerprint density at radius 1 is 1.06 bits per heavy atom. The minimum atomic E-state index is -1.79. The molecule has 0 aromatic carbocycles. The third-order valence-corrected chi connectivity index (χ3v) is 1.18. The fourth-order valence-electron chi connectivity index (χ4n) is 0.773. The highest BCUT2D eigenvalue weighted by Crippen LogP contribution is 1.93. The fourth-order valence-corrected chi connectivity index (χ4v) is 0.773. The number of rotatable bonds is 5. The van der Waals surface area contributed by atoms with Gasteiger partial charge in [0.15, 0.2) is 0 Å². The van der Waals surface area contributed by atoms with Crippen molar-refractivity contribution in [2.75, 3.05) is 13.1 Å². The van der Waals surface area contributed by atoms with Crippen LogP contribution in [0.25, 0.3) is 0 Å². The molecular weight excluding hydrogens is 222 g/mol. The van der Waals surface area contributed by atoms with Gasteiger partial charge < -0.3 is 15.4 Å². The number of carboxylic acid groups (broad SMARTS) is 1. The molecule has 3 N–H and O–H groups in total. The molecule has 0 bridgehead atoms. The predicted molar refractivity (Wildman–Crippen MR) is 50.3 cm³/mol. The Morgan fingerprint density at radius 3 is 1.69 bits per heavy atom. The number of aliphatic carboxylic acids is 1. The van der Waals surface area contributed by atoms with E-state index in [4.69, 9.17) is 5.11 Å². The second kappa shape index (κ2) is 7.49. The SMILES string of the molecule is CC(=O)CN(CC(C)=O)OC(=O)C(=O)O.O. The number of hydrogen-bond donors (Lipinski definition) is 1. The highest BCUT2D eigenvalue weighted by atomic mass is 16.7. The summed E-state index contributed by atoms with van der Waals surface area (Å²) in [6, 6.07) is 0. The Labute approximate surface area is 91.0 Å². The number of carbonyl (C=O) groups is 4. The molecule has 16 heavy (non-hydrogen) atoms. The van der Waals surface area contributed by atoms with Crippen LogP contribution in [-0.4, -0.2) is 52.2 Å². The quantitative estimate of drug-likeness (QED) is 0.438. The molecule has 0 aliphatic rings. The Balaban J connectivity index is 0. The fraction of sp³-hybridized carbons (Fsp3) is 0.500. The lowest BCUT2D eigenvalue weighted by molar-refractivity contribution is -0.197. The van der Waals surface area contributed by atoms with Gasteiger partial charge in [-0.3, -0.25) is 9.59 Å². The van der Waals surface area contributed by atoms with Gasteiger partial charge in [-0.15, -0.1) is 5.06 Å². The van der Waals surface area contributed by atoms with Crippen LogP contribution in [0, 0.1) is 0 Å². The lowest BCUT2D eigenvalue weighted by Crippen LogP contribution is -2.37. The zero-order chi connectivity index (χ0) is 12.0. The monoisotopic (exact) mass is 235 g/mol. The minimum absolute atomic E-state index is 0. The van der Waals surface area contributed by atoms with Crippen molar-refractivity contribution in [3.8, 4) is 0 Å². The molecule has 0 aromatic rings. The van der Waals surface area contributed by atoms with Crippen LogP contribution < -0.4 is 0 Å². The first-order valence-corrected chi connectivity index (χ1v) is 4.02. The van der Waals surface area contributed by atoms with E-state index >= 15 is 0 Å². The number of hydrogen-bond acceptors (Lipinski definition) is 6. The first kappa shape index (κ1) is 16.6. The van der Waals surface area contributed by atoms with E-state index in [9.17, 15) is 19.2 Å². The Kier molecular flexibility index (Phi) is 7.78. The van der Waals surface area contributed by atoms with Crippen LogP contribution in [0.4, 0.5) is 0 Å². The number of nitrogens with zero attached hydrogens (tertiary/aromatic N) is 1. The van der Waals surface area contributed by atoms with Gasteiger partial charge in [0.05, 0.1) is 13.1 Å². The molecule has 0 aliphatic heterocycles. The molecular formula is C8H13NO7. The van der Waals surface area contributed by atoms with Gasteiger partial charge in [-0.2, -0.15) is 0 Å². The molecule has 0 amide bonds. The van der Waals surface area contributed by atoms with E-state index in [1.807, 2.05) is 0 Å². The number of ketones is 2. The van der Waals surface area contributed by atoms with Crippen LogP contribution in [0.5, 0.6) is 0 Å². The van der Waals surface area contributed by atoms with Crippen LogP contribution in [-0.2, 0) is 24.0 Å². The molecule has 0 rings (SSSR count). The van der Waals surface area contributed by atoms with Crippen LogP contribution in [0.1, 0.15) is 13.8 Å². The van der Waals surface area contributed by atoms with Gasteiger partial charge in [0, 0.05) is 0 Å². The highest BCUT2D eigenvalue weighted by Gasteiger charge is 2.20. The van der Waals surface area contributed by atoms with Gasteiger partial charge in [0.25, 0.3) is 0 Å². The van der Waals surface area contributed by atoms with Crippen molar-refractivity contribution in [3.05, 3.63) is 0 Å². The largest absolute Gasteiger partial charge is 0.473 e. The predicted octanol–water partition coefficient (Wildman–Crippen LogP) is -1.82. The molecule has 0 heterocycles. The van der Waals surface area contributed by atoms with E-state index in [1.165, 1.54) is 13.8 Å². The van der Waals surface area contributed by atoms with Crippen molar-refractivity contribution in [2.24, 2.45) is 0 Å². The zero-order valence-electron chi connectivity index (χ0n) is 8.85. The van der Waals surface area contributed by atoms with Crippen molar-refractivity contribution in [1.82, 2.24) is 5.06 Å². The van der Waals surface area contributed by atoms with Crippen LogP contribution in [0.3, 0.4) is 0 Å². The summed E-state index contributed by atoms with van der Waals surface area (Å²) in [6.07, 6.45) is 0. The third-order valence-electron chi connectivity index (χ3n) is 1.18. The van der Waals surface area contributed by atoms with Crippen molar-refractivity contribution < 1.29 is 34.6 Å². The highest BCUT2D eigenvalue weighted by molar-refractivity contribution is 6.28. The molecule has 92 valence electrons.